The maximum Gasteiger partial charge on any atom is 0.126 e. The number of hydrogen-bond acceptors (Lipinski definition) is 1. The Morgan fingerprint density at radius 2 is 1.81 bits per heavy atom. The van der Waals surface area contributed by atoms with Crippen molar-refractivity contribution in [2.75, 3.05) is 0 Å². The summed E-state index contributed by atoms with van der Waals surface area (Å²) in [6, 6.07) is 3.59. The monoisotopic (exact) mass is 226 g/mol. The van der Waals surface area contributed by atoms with Gasteiger partial charge < -0.3 is 5.11 Å². The highest BCUT2D eigenvalue weighted by Gasteiger charge is 2.28. The molecule has 16 heavy (non-hydrogen) atoms. The Hall–Kier alpha value is -0.960. The first-order valence-electron chi connectivity index (χ1n) is 5.78. The molecule has 1 fully saturated rings. The molecule has 1 aliphatic rings. The number of rotatable bonds is 5. The quantitative estimate of drug-likeness (QED) is 0.818. The predicted molar refractivity (Wildman–Crippen MR) is 58.0 cm³/mol. The predicted octanol–water partition coefficient (Wildman–Crippen LogP) is 3.06. The molecule has 1 aromatic carbocycles. The van der Waals surface area contributed by atoms with Crippen molar-refractivity contribution in [3.8, 4) is 0 Å². The van der Waals surface area contributed by atoms with Crippen LogP contribution in [0, 0.1) is 17.6 Å². The van der Waals surface area contributed by atoms with E-state index in [-0.39, 0.29) is 6.10 Å². The van der Waals surface area contributed by atoms with Gasteiger partial charge >= 0.3 is 0 Å². The van der Waals surface area contributed by atoms with Gasteiger partial charge in [0, 0.05) is 6.07 Å². The molecule has 1 N–H and O–H groups in total. The van der Waals surface area contributed by atoms with Crippen molar-refractivity contribution in [2.45, 2.75) is 38.2 Å². The number of halogens is 2. The van der Waals surface area contributed by atoms with E-state index in [4.69, 9.17) is 0 Å². The SMILES string of the molecule is OC(CCCc1cc(F)cc(F)c1)C1CC1. The highest BCUT2D eigenvalue weighted by atomic mass is 19.1. The molecule has 2 rings (SSSR count). The van der Waals surface area contributed by atoms with Gasteiger partial charge in [0.1, 0.15) is 11.6 Å². The van der Waals surface area contributed by atoms with Crippen LogP contribution in [0.1, 0.15) is 31.2 Å². The standard InChI is InChI=1S/C13H16F2O/c14-11-6-9(7-12(15)8-11)2-1-3-13(16)10-4-5-10/h6-8,10,13,16H,1-5H2. The minimum Gasteiger partial charge on any atom is -0.393 e. The minimum absolute atomic E-state index is 0.224. The van der Waals surface area contributed by atoms with Crippen LogP contribution in [0.25, 0.3) is 0 Å². The molecule has 1 atom stereocenters. The Bertz CT molecular complexity index is 341. The summed E-state index contributed by atoms with van der Waals surface area (Å²) in [5.41, 5.74) is 0.667. The van der Waals surface area contributed by atoms with Gasteiger partial charge in [0.15, 0.2) is 0 Å². The summed E-state index contributed by atoms with van der Waals surface area (Å²) < 4.78 is 25.7. The molecule has 1 unspecified atom stereocenters. The third-order valence-corrected chi connectivity index (χ3v) is 3.05. The lowest BCUT2D eigenvalue weighted by Crippen LogP contribution is -2.09. The van der Waals surface area contributed by atoms with E-state index in [0.717, 1.165) is 31.7 Å². The third-order valence-electron chi connectivity index (χ3n) is 3.05. The molecule has 0 bridgehead atoms. The van der Waals surface area contributed by atoms with E-state index >= 15 is 0 Å². The Morgan fingerprint density at radius 3 is 2.38 bits per heavy atom. The molecule has 1 aromatic rings. The molecule has 0 spiro atoms. The minimum atomic E-state index is -0.530. The highest BCUT2D eigenvalue weighted by Crippen LogP contribution is 2.34. The van der Waals surface area contributed by atoms with Crippen molar-refractivity contribution in [2.24, 2.45) is 5.92 Å². The van der Waals surface area contributed by atoms with Crippen LogP contribution in [0.15, 0.2) is 18.2 Å². The van der Waals surface area contributed by atoms with Gasteiger partial charge in [-0.05, 0) is 55.7 Å². The van der Waals surface area contributed by atoms with Gasteiger partial charge in [0.05, 0.1) is 6.10 Å². The van der Waals surface area contributed by atoms with Gasteiger partial charge in [-0.3, -0.25) is 0 Å². The number of aliphatic hydroxyl groups is 1. The lowest BCUT2D eigenvalue weighted by atomic mass is 10.0. The van der Waals surface area contributed by atoms with E-state index in [2.05, 4.69) is 0 Å². The Balaban J connectivity index is 1.79. The van der Waals surface area contributed by atoms with Gasteiger partial charge in [0.25, 0.3) is 0 Å². The molecule has 1 saturated carbocycles. The molecule has 0 aromatic heterocycles. The van der Waals surface area contributed by atoms with Gasteiger partial charge in [-0.2, -0.15) is 0 Å². The molecule has 0 saturated heterocycles. The molecular formula is C13H16F2O. The van der Waals surface area contributed by atoms with Gasteiger partial charge in [0.2, 0.25) is 0 Å². The molecular weight excluding hydrogens is 210 g/mol. The van der Waals surface area contributed by atoms with Crippen molar-refractivity contribution in [3.63, 3.8) is 0 Å². The first kappa shape index (κ1) is 11.5. The van der Waals surface area contributed by atoms with Crippen LogP contribution >= 0.6 is 0 Å². The van der Waals surface area contributed by atoms with E-state index in [1.165, 1.54) is 12.1 Å². The molecule has 88 valence electrons. The Morgan fingerprint density at radius 1 is 1.19 bits per heavy atom. The first-order chi connectivity index (χ1) is 7.65. The van der Waals surface area contributed by atoms with Crippen molar-refractivity contribution < 1.29 is 13.9 Å². The Labute approximate surface area is 94.1 Å². The smallest absolute Gasteiger partial charge is 0.126 e. The molecule has 0 amide bonds. The van der Waals surface area contributed by atoms with Crippen molar-refractivity contribution >= 4 is 0 Å². The van der Waals surface area contributed by atoms with E-state index in [9.17, 15) is 13.9 Å². The summed E-state index contributed by atoms with van der Waals surface area (Å²) in [7, 11) is 0. The van der Waals surface area contributed by atoms with Crippen LogP contribution in [-0.2, 0) is 6.42 Å². The van der Waals surface area contributed by atoms with Crippen LogP contribution in [0.5, 0.6) is 0 Å². The lowest BCUT2D eigenvalue weighted by molar-refractivity contribution is 0.139. The number of benzene rings is 1. The Kier molecular flexibility index (Phi) is 3.54. The molecule has 0 radical (unpaired) electrons. The second-order valence-corrected chi connectivity index (χ2v) is 4.57. The highest BCUT2D eigenvalue weighted by molar-refractivity contribution is 5.17. The zero-order valence-corrected chi connectivity index (χ0v) is 9.13. The molecule has 1 nitrogen and oxygen atoms in total. The summed E-state index contributed by atoms with van der Waals surface area (Å²) in [6.07, 6.45) is 4.14. The van der Waals surface area contributed by atoms with Gasteiger partial charge in [-0.25, -0.2) is 8.78 Å². The third kappa shape index (κ3) is 3.27. The van der Waals surface area contributed by atoms with E-state index in [0.29, 0.717) is 17.9 Å². The van der Waals surface area contributed by atoms with Crippen LogP contribution in [0.3, 0.4) is 0 Å². The van der Waals surface area contributed by atoms with E-state index in [1.54, 1.807) is 0 Å². The van der Waals surface area contributed by atoms with Crippen molar-refractivity contribution in [1.82, 2.24) is 0 Å². The molecule has 0 heterocycles. The average Bonchev–Trinajstić information content (AvgIpc) is 2.98. The summed E-state index contributed by atoms with van der Waals surface area (Å²) in [6.45, 7) is 0. The van der Waals surface area contributed by atoms with Crippen LogP contribution in [0.2, 0.25) is 0 Å². The second kappa shape index (κ2) is 4.91. The van der Waals surface area contributed by atoms with Crippen LogP contribution in [0.4, 0.5) is 8.78 Å². The maximum atomic E-state index is 12.9. The average molecular weight is 226 g/mol. The molecule has 1 aliphatic carbocycles. The first-order valence-corrected chi connectivity index (χ1v) is 5.78. The maximum absolute atomic E-state index is 12.9. The summed E-state index contributed by atoms with van der Waals surface area (Å²) in [5, 5.41) is 9.63. The number of aliphatic hydroxyl groups excluding tert-OH is 1. The summed E-state index contributed by atoms with van der Waals surface area (Å²) >= 11 is 0. The molecule has 0 aliphatic heterocycles. The number of hydrogen-bond donors (Lipinski definition) is 1. The summed E-state index contributed by atoms with van der Waals surface area (Å²) in [4.78, 5) is 0. The van der Waals surface area contributed by atoms with Crippen LogP contribution in [-0.4, -0.2) is 11.2 Å². The largest absolute Gasteiger partial charge is 0.393 e. The van der Waals surface area contributed by atoms with Gasteiger partial charge in [-0.1, -0.05) is 0 Å². The zero-order chi connectivity index (χ0) is 11.5. The zero-order valence-electron chi connectivity index (χ0n) is 9.13. The van der Waals surface area contributed by atoms with Gasteiger partial charge in [-0.15, -0.1) is 0 Å². The van der Waals surface area contributed by atoms with Crippen molar-refractivity contribution in [1.29, 1.82) is 0 Å². The molecule has 3 heteroatoms. The fourth-order valence-corrected chi connectivity index (χ4v) is 1.99. The van der Waals surface area contributed by atoms with E-state index < -0.39 is 11.6 Å². The van der Waals surface area contributed by atoms with Crippen LogP contribution < -0.4 is 0 Å². The summed E-state index contributed by atoms with van der Waals surface area (Å²) in [5.74, 6) is -0.584. The van der Waals surface area contributed by atoms with E-state index in [1.807, 2.05) is 0 Å². The fourth-order valence-electron chi connectivity index (χ4n) is 1.99. The topological polar surface area (TPSA) is 20.2 Å². The normalized spacial score (nSPS) is 17.4. The number of aryl methyl sites for hydroxylation is 1. The van der Waals surface area contributed by atoms with Crippen molar-refractivity contribution in [3.05, 3.63) is 35.4 Å². The fraction of sp³-hybridized carbons (Fsp3) is 0.538. The second-order valence-electron chi connectivity index (χ2n) is 4.57. The lowest BCUT2D eigenvalue weighted by Gasteiger charge is -2.08.